The van der Waals surface area contributed by atoms with Gasteiger partial charge in [0.25, 0.3) is 0 Å². The Bertz CT molecular complexity index is 242. The Balaban J connectivity index is 4.55. The van der Waals surface area contributed by atoms with Gasteiger partial charge in [-0.3, -0.25) is 0 Å². The number of rotatable bonds is 20. The van der Waals surface area contributed by atoms with Gasteiger partial charge in [0.15, 0.2) is 0 Å². The Morgan fingerprint density at radius 2 is 1.00 bits per heavy atom. The van der Waals surface area contributed by atoms with E-state index in [-0.39, 0.29) is 0 Å². The lowest BCUT2D eigenvalue weighted by atomic mass is 10.3. The van der Waals surface area contributed by atoms with Crippen LogP contribution in [0.5, 0.6) is 0 Å². The standard InChI is InChI=1S/C18H40NO6/c1-20-12-5-6-15-25-19(9-7-13-21-2,10-8-14-22-3)11-16-24-18-17-23-4/h5-18H2,1-4H3/q+1. The number of hydroxylamine groups is 3. The van der Waals surface area contributed by atoms with E-state index in [2.05, 4.69) is 0 Å². The van der Waals surface area contributed by atoms with Crippen molar-refractivity contribution in [2.45, 2.75) is 25.7 Å². The van der Waals surface area contributed by atoms with Gasteiger partial charge in [-0.15, -0.1) is 0 Å². The summed E-state index contributed by atoms with van der Waals surface area (Å²) >= 11 is 0. The minimum atomic E-state index is 0.590. The van der Waals surface area contributed by atoms with Crippen LogP contribution in [0.2, 0.25) is 0 Å². The topological polar surface area (TPSA) is 55.4 Å². The van der Waals surface area contributed by atoms with Crippen LogP contribution in [-0.4, -0.2) is 99.0 Å². The number of hydrogen-bond acceptors (Lipinski definition) is 6. The summed E-state index contributed by atoms with van der Waals surface area (Å²) in [7, 11) is 6.88. The Kier molecular flexibility index (Phi) is 18.3. The molecule has 0 N–H and O–H groups in total. The monoisotopic (exact) mass is 366 g/mol. The van der Waals surface area contributed by atoms with Gasteiger partial charge >= 0.3 is 0 Å². The lowest BCUT2D eigenvalue weighted by molar-refractivity contribution is -1.11. The molecule has 0 aromatic heterocycles. The summed E-state index contributed by atoms with van der Waals surface area (Å²) in [5.41, 5.74) is 0. The fourth-order valence-electron chi connectivity index (χ4n) is 2.61. The Morgan fingerprint density at radius 1 is 0.480 bits per heavy atom. The van der Waals surface area contributed by atoms with Crippen LogP contribution in [0.1, 0.15) is 25.7 Å². The zero-order chi connectivity index (χ0) is 18.6. The summed E-state index contributed by atoms with van der Waals surface area (Å²) in [5.74, 6) is 0. The zero-order valence-electron chi connectivity index (χ0n) is 16.8. The van der Waals surface area contributed by atoms with Crippen molar-refractivity contribution in [3.05, 3.63) is 0 Å². The zero-order valence-corrected chi connectivity index (χ0v) is 16.8. The van der Waals surface area contributed by atoms with E-state index in [4.69, 9.17) is 28.5 Å². The number of hydrogen-bond donors (Lipinski definition) is 0. The van der Waals surface area contributed by atoms with E-state index in [9.17, 15) is 0 Å². The van der Waals surface area contributed by atoms with Crippen LogP contribution in [0.4, 0.5) is 0 Å². The summed E-state index contributed by atoms with van der Waals surface area (Å²) in [6.07, 6.45) is 3.92. The maximum Gasteiger partial charge on any atom is 0.132 e. The smallest absolute Gasteiger partial charge is 0.132 e. The molecule has 7 heteroatoms. The van der Waals surface area contributed by atoms with Crippen molar-refractivity contribution >= 4 is 0 Å². The van der Waals surface area contributed by atoms with Crippen LogP contribution in [0.15, 0.2) is 0 Å². The largest absolute Gasteiger partial charge is 0.385 e. The molecular weight excluding hydrogens is 326 g/mol. The third-order valence-corrected chi connectivity index (χ3v) is 4.01. The third-order valence-electron chi connectivity index (χ3n) is 4.01. The maximum absolute atomic E-state index is 6.34. The first-order valence-corrected chi connectivity index (χ1v) is 9.28. The fourth-order valence-corrected chi connectivity index (χ4v) is 2.61. The highest BCUT2D eigenvalue weighted by atomic mass is 16.7. The van der Waals surface area contributed by atoms with E-state index >= 15 is 0 Å². The Morgan fingerprint density at radius 3 is 1.56 bits per heavy atom. The molecule has 0 amide bonds. The Hall–Kier alpha value is -0.280. The van der Waals surface area contributed by atoms with E-state index < -0.39 is 0 Å². The van der Waals surface area contributed by atoms with Gasteiger partial charge in [-0.25, -0.2) is 4.84 Å². The molecule has 0 radical (unpaired) electrons. The van der Waals surface area contributed by atoms with Crippen molar-refractivity contribution in [1.29, 1.82) is 0 Å². The van der Waals surface area contributed by atoms with E-state index in [1.54, 1.807) is 28.4 Å². The van der Waals surface area contributed by atoms with Crippen LogP contribution in [0.25, 0.3) is 0 Å². The number of methoxy groups -OCH3 is 4. The second-order valence-corrected chi connectivity index (χ2v) is 6.06. The second-order valence-electron chi connectivity index (χ2n) is 6.06. The molecule has 0 aliphatic carbocycles. The Labute approximate surface area is 154 Å². The number of ether oxygens (including phenoxy) is 5. The molecule has 0 aliphatic heterocycles. The van der Waals surface area contributed by atoms with Gasteiger partial charge in [0.05, 0.1) is 33.0 Å². The van der Waals surface area contributed by atoms with E-state index in [1.165, 1.54) is 0 Å². The first-order chi connectivity index (χ1) is 12.2. The summed E-state index contributed by atoms with van der Waals surface area (Å²) in [6.45, 7) is 7.50. The van der Waals surface area contributed by atoms with Gasteiger partial charge in [-0.05, 0) is 12.8 Å². The van der Waals surface area contributed by atoms with Gasteiger partial charge in [-0.1, -0.05) is 0 Å². The lowest BCUT2D eigenvalue weighted by Crippen LogP contribution is -2.52. The minimum Gasteiger partial charge on any atom is -0.385 e. The molecular formula is C18H40NO6+. The lowest BCUT2D eigenvalue weighted by Gasteiger charge is -2.35. The summed E-state index contributed by atoms with van der Waals surface area (Å²) in [5, 5.41) is 0. The van der Waals surface area contributed by atoms with Crippen molar-refractivity contribution in [3.8, 4) is 0 Å². The van der Waals surface area contributed by atoms with Crippen LogP contribution >= 0.6 is 0 Å². The molecule has 25 heavy (non-hydrogen) atoms. The maximum atomic E-state index is 6.34. The molecule has 7 nitrogen and oxygen atoms in total. The molecule has 0 saturated heterocycles. The molecule has 0 spiro atoms. The highest BCUT2D eigenvalue weighted by molar-refractivity contribution is 4.44. The first kappa shape index (κ1) is 24.7. The van der Waals surface area contributed by atoms with Crippen molar-refractivity contribution in [2.75, 3.05) is 94.3 Å². The highest BCUT2D eigenvalue weighted by Crippen LogP contribution is 2.13. The van der Waals surface area contributed by atoms with Crippen LogP contribution in [-0.2, 0) is 28.5 Å². The molecule has 0 atom stereocenters. The molecule has 0 unspecified atom stereocenters. The third kappa shape index (κ3) is 14.6. The van der Waals surface area contributed by atoms with Gasteiger partial charge in [0, 0.05) is 47.9 Å². The summed E-state index contributed by atoms with van der Waals surface area (Å²) in [4.78, 5) is 6.34. The quantitative estimate of drug-likeness (QED) is 0.186. The van der Waals surface area contributed by atoms with Crippen LogP contribution < -0.4 is 0 Å². The highest BCUT2D eigenvalue weighted by Gasteiger charge is 2.29. The normalized spacial score (nSPS) is 12.0. The van der Waals surface area contributed by atoms with E-state index in [0.717, 1.165) is 71.7 Å². The van der Waals surface area contributed by atoms with Crippen molar-refractivity contribution in [1.82, 2.24) is 0 Å². The summed E-state index contributed by atoms with van der Waals surface area (Å²) < 4.78 is 26.9. The van der Waals surface area contributed by atoms with Crippen molar-refractivity contribution in [2.24, 2.45) is 0 Å². The van der Waals surface area contributed by atoms with Crippen molar-refractivity contribution in [3.63, 3.8) is 0 Å². The van der Waals surface area contributed by atoms with E-state index in [0.29, 0.717) is 24.5 Å². The van der Waals surface area contributed by atoms with Gasteiger partial charge in [0.2, 0.25) is 0 Å². The van der Waals surface area contributed by atoms with Crippen molar-refractivity contribution < 1.29 is 33.2 Å². The van der Waals surface area contributed by atoms with Crippen LogP contribution in [0.3, 0.4) is 0 Å². The van der Waals surface area contributed by atoms with Gasteiger partial charge < -0.3 is 23.7 Å². The second kappa shape index (κ2) is 18.5. The average molecular weight is 367 g/mol. The van der Waals surface area contributed by atoms with Gasteiger partial charge in [0.1, 0.15) is 26.2 Å². The van der Waals surface area contributed by atoms with E-state index in [1.807, 2.05) is 0 Å². The molecule has 0 bridgehead atoms. The molecule has 0 heterocycles. The first-order valence-electron chi connectivity index (χ1n) is 9.28. The average Bonchev–Trinajstić information content (AvgIpc) is 2.62. The molecule has 152 valence electrons. The SMILES string of the molecule is COCCCCO[N+](CCCOC)(CCCOC)CCOCCOC. The summed E-state index contributed by atoms with van der Waals surface area (Å²) in [6, 6.07) is 0. The predicted molar refractivity (Wildman–Crippen MR) is 97.6 cm³/mol. The fraction of sp³-hybridized carbons (Fsp3) is 1.00. The minimum absolute atomic E-state index is 0.590. The molecule has 0 aromatic rings. The molecule has 0 aliphatic rings. The number of unbranched alkanes of at least 4 members (excludes halogenated alkanes) is 1. The molecule has 0 fully saturated rings. The van der Waals surface area contributed by atoms with Gasteiger partial charge in [-0.2, -0.15) is 4.65 Å². The number of nitrogens with zero attached hydrogens (tertiary/aromatic N) is 1. The molecule has 0 rings (SSSR count). The molecule has 0 aromatic carbocycles. The predicted octanol–water partition coefficient (Wildman–Crippen LogP) is 1.90. The molecule has 0 saturated carbocycles. The number of quaternary nitrogens is 1. The van der Waals surface area contributed by atoms with Crippen LogP contribution in [0, 0.1) is 0 Å².